The SMILES string of the molecule is CCc1ccc(C(=O)CSc2nnc(-c3ccc(OC)cc3)o2)s1. The lowest BCUT2D eigenvalue weighted by Crippen LogP contribution is -1.99. The maximum Gasteiger partial charge on any atom is 0.277 e. The smallest absolute Gasteiger partial charge is 0.277 e. The molecule has 0 aliphatic rings. The van der Waals surface area contributed by atoms with E-state index in [1.165, 1.54) is 16.6 Å². The number of benzene rings is 1. The van der Waals surface area contributed by atoms with Gasteiger partial charge in [0.1, 0.15) is 5.75 Å². The summed E-state index contributed by atoms with van der Waals surface area (Å²) >= 11 is 2.80. The summed E-state index contributed by atoms with van der Waals surface area (Å²) in [4.78, 5) is 14.2. The molecule has 0 aliphatic carbocycles. The van der Waals surface area contributed by atoms with Crippen molar-refractivity contribution in [3.05, 3.63) is 46.2 Å². The zero-order valence-electron chi connectivity index (χ0n) is 13.3. The maximum atomic E-state index is 12.2. The molecule has 0 N–H and O–H groups in total. The second kappa shape index (κ2) is 7.63. The number of Topliss-reactive ketones (excluding diaryl/α,β-unsaturated/α-hetero) is 1. The van der Waals surface area contributed by atoms with E-state index in [9.17, 15) is 4.79 Å². The fourth-order valence-corrected chi connectivity index (χ4v) is 3.66. The van der Waals surface area contributed by atoms with Gasteiger partial charge in [-0.25, -0.2) is 0 Å². The molecule has 1 aromatic carbocycles. The van der Waals surface area contributed by atoms with Gasteiger partial charge in [0.2, 0.25) is 5.89 Å². The molecule has 24 heavy (non-hydrogen) atoms. The number of aromatic nitrogens is 2. The molecular weight excluding hydrogens is 344 g/mol. The summed E-state index contributed by atoms with van der Waals surface area (Å²) in [7, 11) is 1.62. The Morgan fingerprint density at radius 1 is 1.21 bits per heavy atom. The van der Waals surface area contributed by atoms with Crippen molar-refractivity contribution in [1.82, 2.24) is 10.2 Å². The third kappa shape index (κ3) is 3.85. The Balaban J connectivity index is 1.62. The normalized spacial score (nSPS) is 10.8. The first kappa shape index (κ1) is 16.7. The molecule has 3 rings (SSSR count). The fourth-order valence-electron chi connectivity index (χ4n) is 2.03. The molecule has 0 unspecified atom stereocenters. The van der Waals surface area contributed by atoms with Crippen LogP contribution in [0.1, 0.15) is 21.5 Å². The first-order chi connectivity index (χ1) is 11.7. The van der Waals surface area contributed by atoms with Crippen molar-refractivity contribution in [3.8, 4) is 17.2 Å². The van der Waals surface area contributed by atoms with Crippen molar-refractivity contribution in [2.75, 3.05) is 12.9 Å². The molecule has 0 radical (unpaired) electrons. The van der Waals surface area contributed by atoms with E-state index in [1.54, 1.807) is 18.4 Å². The molecule has 0 aliphatic heterocycles. The third-order valence-corrected chi connectivity index (χ3v) is 5.44. The molecule has 5 nitrogen and oxygen atoms in total. The Labute approximate surface area is 148 Å². The number of hydrogen-bond donors (Lipinski definition) is 0. The molecular formula is C17H16N2O3S2. The van der Waals surface area contributed by atoms with Gasteiger partial charge in [0, 0.05) is 10.4 Å². The van der Waals surface area contributed by atoms with Crippen molar-refractivity contribution in [1.29, 1.82) is 0 Å². The third-order valence-electron chi connectivity index (χ3n) is 3.36. The average molecular weight is 360 g/mol. The Morgan fingerprint density at radius 2 is 2.00 bits per heavy atom. The number of rotatable bonds is 7. The highest BCUT2D eigenvalue weighted by atomic mass is 32.2. The number of thiophene rings is 1. The highest BCUT2D eigenvalue weighted by molar-refractivity contribution is 7.99. The predicted molar refractivity (Wildman–Crippen MR) is 95.0 cm³/mol. The van der Waals surface area contributed by atoms with Gasteiger partial charge in [-0.05, 0) is 42.8 Å². The lowest BCUT2D eigenvalue weighted by atomic mass is 10.2. The summed E-state index contributed by atoms with van der Waals surface area (Å²) in [6, 6.07) is 11.2. The maximum absolute atomic E-state index is 12.2. The number of ether oxygens (including phenoxy) is 1. The van der Waals surface area contributed by atoms with E-state index in [0.717, 1.165) is 22.6 Å². The summed E-state index contributed by atoms with van der Waals surface area (Å²) in [5.41, 5.74) is 0.812. The molecule has 0 saturated carbocycles. The number of methoxy groups -OCH3 is 1. The lowest BCUT2D eigenvalue weighted by molar-refractivity contribution is 0.102. The Morgan fingerprint density at radius 3 is 2.67 bits per heavy atom. The molecule has 124 valence electrons. The van der Waals surface area contributed by atoms with Gasteiger partial charge < -0.3 is 9.15 Å². The van der Waals surface area contributed by atoms with Gasteiger partial charge in [0.25, 0.3) is 5.22 Å². The highest BCUT2D eigenvalue weighted by Gasteiger charge is 2.14. The number of hydrogen-bond acceptors (Lipinski definition) is 7. The van der Waals surface area contributed by atoms with Crippen LogP contribution in [0.25, 0.3) is 11.5 Å². The Bertz CT molecular complexity index is 824. The predicted octanol–water partition coefficient (Wildman–Crippen LogP) is 4.34. The van der Waals surface area contributed by atoms with E-state index in [2.05, 4.69) is 17.1 Å². The summed E-state index contributed by atoms with van der Waals surface area (Å²) < 4.78 is 10.7. The number of thioether (sulfide) groups is 1. The second-order valence-corrected chi connectivity index (χ2v) is 7.03. The molecule has 0 atom stereocenters. The molecule has 2 heterocycles. The van der Waals surface area contributed by atoms with Crippen LogP contribution in [0.4, 0.5) is 0 Å². The number of ketones is 1. The van der Waals surface area contributed by atoms with E-state index in [4.69, 9.17) is 9.15 Å². The lowest BCUT2D eigenvalue weighted by Gasteiger charge is -1.99. The van der Waals surface area contributed by atoms with Crippen LogP contribution in [0.2, 0.25) is 0 Å². The standard InChI is InChI=1S/C17H16N2O3S2/c1-3-13-8-9-15(24-13)14(20)10-23-17-19-18-16(22-17)11-4-6-12(21-2)7-5-11/h4-9H,3,10H2,1-2H3. The number of nitrogens with zero attached hydrogens (tertiary/aromatic N) is 2. The second-order valence-electron chi connectivity index (χ2n) is 4.93. The molecule has 0 amide bonds. The zero-order chi connectivity index (χ0) is 16.9. The van der Waals surface area contributed by atoms with E-state index in [0.29, 0.717) is 11.1 Å². The number of aryl methyl sites for hydroxylation is 1. The summed E-state index contributed by atoms with van der Waals surface area (Å²) in [5.74, 6) is 1.56. The van der Waals surface area contributed by atoms with Crippen LogP contribution >= 0.6 is 23.1 Å². The Kier molecular flexibility index (Phi) is 5.32. The van der Waals surface area contributed by atoms with Crippen LogP contribution < -0.4 is 4.74 Å². The van der Waals surface area contributed by atoms with Crippen molar-refractivity contribution < 1.29 is 13.9 Å². The first-order valence-corrected chi connectivity index (χ1v) is 9.22. The Hall–Kier alpha value is -2.12. The molecule has 7 heteroatoms. The van der Waals surface area contributed by atoms with Gasteiger partial charge in [-0.3, -0.25) is 4.79 Å². The van der Waals surface area contributed by atoms with Crippen LogP contribution in [0.15, 0.2) is 46.0 Å². The minimum Gasteiger partial charge on any atom is -0.497 e. The van der Waals surface area contributed by atoms with Crippen molar-refractivity contribution in [2.45, 2.75) is 18.6 Å². The van der Waals surface area contributed by atoms with Gasteiger partial charge in [-0.2, -0.15) is 0 Å². The van der Waals surface area contributed by atoms with Crippen molar-refractivity contribution >= 4 is 28.9 Å². The monoisotopic (exact) mass is 360 g/mol. The van der Waals surface area contributed by atoms with Crippen LogP contribution in [0, 0.1) is 0 Å². The average Bonchev–Trinajstić information content (AvgIpc) is 3.29. The van der Waals surface area contributed by atoms with E-state index in [-0.39, 0.29) is 11.5 Å². The molecule has 0 spiro atoms. The van der Waals surface area contributed by atoms with Crippen LogP contribution in [0.3, 0.4) is 0 Å². The van der Waals surface area contributed by atoms with Gasteiger partial charge >= 0.3 is 0 Å². The quantitative estimate of drug-likeness (QED) is 0.461. The molecule has 2 aromatic heterocycles. The summed E-state index contributed by atoms with van der Waals surface area (Å²) in [6.45, 7) is 2.08. The van der Waals surface area contributed by atoms with E-state index in [1.807, 2.05) is 36.4 Å². The van der Waals surface area contributed by atoms with Crippen molar-refractivity contribution in [2.24, 2.45) is 0 Å². The zero-order valence-corrected chi connectivity index (χ0v) is 14.9. The minimum absolute atomic E-state index is 0.0777. The van der Waals surface area contributed by atoms with Gasteiger partial charge in [0.05, 0.1) is 17.7 Å². The molecule has 3 aromatic rings. The number of carbonyl (C=O) groups excluding carboxylic acids is 1. The van der Waals surface area contributed by atoms with Crippen LogP contribution in [-0.2, 0) is 6.42 Å². The largest absolute Gasteiger partial charge is 0.497 e. The molecule has 0 bridgehead atoms. The minimum atomic E-state index is 0.0777. The topological polar surface area (TPSA) is 65.2 Å². The molecule has 0 fully saturated rings. The van der Waals surface area contributed by atoms with Gasteiger partial charge in [0.15, 0.2) is 5.78 Å². The van der Waals surface area contributed by atoms with Gasteiger partial charge in [-0.1, -0.05) is 18.7 Å². The van der Waals surface area contributed by atoms with E-state index >= 15 is 0 Å². The van der Waals surface area contributed by atoms with Crippen molar-refractivity contribution in [3.63, 3.8) is 0 Å². The summed E-state index contributed by atoms with van der Waals surface area (Å²) in [6.07, 6.45) is 0.944. The highest BCUT2D eigenvalue weighted by Crippen LogP contribution is 2.26. The first-order valence-electron chi connectivity index (χ1n) is 7.42. The van der Waals surface area contributed by atoms with Gasteiger partial charge in [-0.15, -0.1) is 21.5 Å². The van der Waals surface area contributed by atoms with Crippen LogP contribution in [-0.4, -0.2) is 28.8 Å². The molecule has 0 saturated heterocycles. The number of carbonyl (C=O) groups is 1. The van der Waals surface area contributed by atoms with Crippen LogP contribution in [0.5, 0.6) is 5.75 Å². The fraction of sp³-hybridized carbons (Fsp3) is 0.235. The van der Waals surface area contributed by atoms with E-state index < -0.39 is 0 Å². The summed E-state index contributed by atoms with van der Waals surface area (Å²) in [5, 5.41) is 8.40.